The molecule has 9 heteroatoms. The van der Waals surface area contributed by atoms with Gasteiger partial charge in [-0.05, 0) is 12.3 Å². The lowest BCUT2D eigenvalue weighted by Gasteiger charge is -2.14. The molecule has 0 bridgehead atoms. The maximum absolute atomic E-state index is 12.6. The highest BCUT2D eigenvalue weighted by atomic mass is 32.2. The number of hydrogen-bond donors (Lipinski definition) is 1. The highest BCUT2D eigenvalue weighted by Gasteiger charge is 2.23. The number of aliphatic carboxylic acids is 1. The molecule has 0 spiro atoms. The van der Waals surface area contributed by atoms with Gasteiger partial charge in [0.05, 0.1) is 0 Å². The molecular weight excluding hydrogens is 344 g/mol. The van der Waals surface area contributed by atoms with E-state index < -0.39 is 22.5 Å². The van der Waals surface area contributed by atoms with Crippen molar-refractivity contribution in [3.05, 3.63) is 26.7 Å². The summed E-state index contributed by atoms with van der Waals surface area (Å²) < 4.78 is 2.29. The predicted octanol–water partition coefficient (Wildman–Crippen LogP) is 1.18. The molecule has 0 saturated heterocycles. The Morgan fingerprint density at radius 2 is 1.84 bits per heavy atom. The van der Waals surface area contributed by atoms with Crippen molar-refractivity contribution >= 4 is 28.8 Å². The van der Waals surface area contributed by atoms with Crippen molar-refractivity contribution in [2.45, 2.75) is 43.9 Å². The summed E-state index contributed by atoms with van der Waals surface area (Å²) in [5.41, 5.74) is -0.758. The van der Waals surface area contributed by atoms with Crippen LogP contribution in [0.4, 0.5) is 0 Å². The Hall–Kier alpha value is -2.16. The highest BCUT2D eigenvalue weighted by molar-refractivity contribution is 8.00. The van der Waals surface area contributed by atoms with Crippen LogP contribution in [0, 0.1) is 5.92 Å². The number of hydrogen-bond acceptors (Lipinski definition) is 6. The largest absolute Gasteiger partial charge is 0.480 e. The zero-order valence-corrected chi connectivity index (χ0v) is 15.8. The van der Waals surface area contributed by atoms with Gasteiger partial charge in [-0.25, -0.2) is 14.8 Å². The summed E-state index contributed by atoms with van der Waals surface area (Å²) in [4.78, 5) is 45.0. The Bertz CT molecular complexity index is 932. The fraction of sp³-hybridized carbons (Fsp3) is 0.562. The van der Waals surface area contributed by atoms with Crippen LogP contribution in [0.5, 0.6) is 0 Å². The van der Waals surface area contributed by atoms with Crippen molar-refractivity contribution < 1.29 is 9.90 Å². The number of carbonyl (C=O) groups is 1. The van der Waals surface area contributed by atoms with Crippen LogP contribution in [0.25, 0.3) is 11.0 Å². The van der Waals surface area contributed by atoms with E-state index in [9.17, 15) is 19.5 Å². The molecule has 0 saturated carbocycles. The van der Waals surface area contributed by atoms with Crippen LogP contribution in [0.3, 0.4) is 0 Å². The first-order valence-corrected chi connectivity index (χ1v) is 8.91. The second-order valence-electron chi connectivity index (χ2n) is 6.30. The molecule has 0 amide bonds. The molecule has 1 atom stereocenters. The molecule has 1 N–H and O–H groups in total. The molecule has 2 rings (SSSR count). The molecule has 0 aromatic carbocycles. The number of aromatic nitrogens is 4. The third-order valence-electron chi connectivity index (χ3n) is 3.80. The van der Waals surface area contributed by atoms with Crippen LogP contribution in [-0.4, -0.2) is 35.4 Å². The van der Waals surface area contributed by atoms with E-state index in [1.54, 1.807) is 14.0 Å². The van der Waals surface area contributed by atoms with Gasteiger partial charge in [0, 0.05) is 20.5 Å². The van der Waals surface area contributed by atoms with Gasteiger partial charge in [-0.15, -0.1) is 0 Å². The number of rotatable bonds is 6. The lowest BCUT2D eigenvalue weighted by Crippen LogP contribution is -2.38. The van der Waals surface area contributed by atoms with Crippen molar-refractivity contribution in [1.82, 2.24) is 19.1 Å². The van der Waals surface area contributed by atoms with Crippen molar-refractivity contribution in [3.8, 4) is 0 Å². The van der Waals surface area contributed by atoms with Gasteiger partial charge in [-0.1, -0.05) is 32.5 Å². The zero-order valence-electron chi connectivity index (χ0n) is 14.9. The van der Waals surface area contributed by atoms with Gasteiger partial charge in [0.1, 0.15) is 21.5 Å². The predicted molar refractivity (Wildman–Crippen MR) is 96.1 cm³/mol. The molecule has 0 aliphatic carbocycles. The highest BCUT2D eigenvalue weighted by Crippen LogP contribution is 2.28. The van der Waals surface area contributed by atoms with Gasteiger partial charge < -0.3 is 5.11 Å². The molecule has 0 aliphatic rings. The molecule has 2 heterocycles. The molecule has 25 heavy (non-hydrogen) atoms. The minimum atomic E-state index is -0.966. The van der Waals surface area contributed by atoms with Crippen LogP contribution in [0.1, 0.15) is 33.0 Å². The van der Waals surface area contributed by atoms with Crippen LogP contribution in [0.2, 0.25) is 0 Å². The van der Waals surface area contributed by atoms with E-state index in [-0.39, 0.29) is 17.0 Å². The lowest BCUT2D eigenvalue weighted by molar-refractivity contribution is -0.136. The topological polar surface area (TPSA) is 107 Å². The summed E-state index contributed by atoms with van der Waals surface area (Å²) in [6, 6.07) is 0. The quantitative estimate of drug-likeness (QED) is 0.604. The van der Waals surface area contributed by atoms with Crippen molar-refractivity contribution in [2.75, 3.05) is 0 Å². The summed E-state index contributed by atoms with van der Waals surface area (Å²) >= 11 is 1.03. The minimum Gasteiger partial charge on any atom is -0.480 e. The standard InChI is InChI=1S/C16H22N4O4S/c1-6-9(15(22)23)25-13-11-12(17-10(18-13)7-8(2)3)19(4)16(24)20(5)14(11)21/h8-9H,6-7H2,1-5H3,(H,22,23)/t9-/m0/s1. The van der Waals surface area contributed by atoms with E-state index in [2.05, 4.69) is 9.97 Å². The summed E-state index contributed by atoms with van der Waals surface area (Å²) in [7, 11) is 2.92. The zero-order chi connectivity index (χ0) is 18.9. The Morgan fingerprint density at radius 1 is 1.20 bits per heavy atom. The molecule has 0 unspecified atom stereocenters. The average Bonchev–Trinajstić information content (AvgIpc) is 2.54. The van der Waals surface area contributed by atoms with E-state index in [1.165, 1.54) is 11.6 Å². The number of nitrogens with zero attached hydrogens (tertiary/aromatic N) is 4. The van der Waals surface area contributed by atoms with Crippen molar-refractivity contribution in [2.24, 2.45) is 20.0 Å². The molecule has 2 aromatic rings. The van der Waals surface area contributed by atoms with Crippen molar-refractivity contribution in [1.29, 1.82) is 0 Å². The first kappa shape index (κ1) is 19.2. The van der Waals surface area contributed by atoms with Gasteiger partial charge in [0.2, 0.25) is 0 Å². The normalized spacial score (nSPS) is 12.7. The third kappa shape index (κ3) is 3.76. The maximum Gasteiger partial charge on any atom is 0.332 e. The second-order valence-corrected chi connectivity index (χ2v) is 7.49. The second kappa shape index (κ2) is 7.38. The lowest BCUT2D eigenvalue weighted by atomic mass is 10.1. The first-order valence-electron chi connectivity index (χ1n) is 8.03. The van der Waals surface area contributed by atoms with Crippen LogP contribution in [-0.2, 0) is 25.3 Å². The van der Waals surface area contributed by atoms with Gasteiger partial charge in [-0.3, -0.25) is 18.7 Å². The summed E-state index contributed by atoms with van der Waals surface area (Å²) in [6.07, 6.45) is 0.952. The summed E-state index contributed by atoms with van der Waals surface area (Å²) in [6.45, 7) is 5.78. The van der Waals surface area contributed by atoms with Crippen LogP contribution < -0.4 is 11.2 Å². The Labute approximate surface area is 148 Å². The molecule has 8 nitrogen and oxygen atoms in total. The summed E-state index contributed by atoms with van der Waals surface area (Å²) in [5, 5.41) is 9.10. The Kier molecular flexibility index (Phi) is 5.66. The summed E-state index contributed by atoms with van der Waals surface area (Å²) in [5.74, 6) is -0.194. The molecule has 0 radical (unpaired) electrons. The molecule has 0 aliphatic heterocycles. The molecular formula is C16H22N4O4S. The number of aryl methyl sites for hydroxylation is 1. The SMILES string of the molecule is CC[C@H](Sc1nc(CC(C)C)nc2c1c(=O)n(C)c(=O)n2C)C(=O)O. The fourth-order valence-electron chi connectivity index (χ4n) is 2.46. The van der Waals surface area contributed by atoms with Gasteiger partial charge in [-0.2, -0.15) is 0 Å². The molecule has 0 fully saturated rings. The number of thioether (sulfide) groups is 1. The van der Waals surface area contributed by atoms with E-state index in [1.807, 2.05) is 13.8 Å². The van der Waals surface area contributed by atoms with Gasteiger partial charge >= 0.3 is 11.7 Å². The van der Waals surface area contributed by atoms with E-state index >= 15 is 0 Å². The molecule has 2 aromatic heterocycles. The molecule has 136 valence electrons. The van der Waals surface area contributed by atoms with E-state index in [0.717, 1.165) is 16.3 Å². The number of fused-ring (bicyclic) bond motifs is 1. The average molecular weight is 366 g/mol. The fourth-order valence-corrected chi connectivity index (χ4v) is 3.45. The van der Waals surface area contributed by atoms with Crippen LogP contribution >= 0.6 is 11.8 Å². The Balaban J connectivity index is 2.82. The Morgan fingerprint density at radius 3 is 2.36 bits per heavy atom. The first-order chi connectivity index (χ1) is 11.7. The van der Waals surface area contributed by atoms with E-state index in [0.29, 0.717) is 23.7 Å². The third-order valence-corrected chi connectivity index (χ3v) is 5.14. The van der Waals surface area contributed by atoms with Gasteiger partial charge in [0.15, 0.2) is 5.65 Å². The van der Waals surface area contributed by atoms with E-state index in [4.69, 9.17) is 0 Å². The number of carboxylic acids is 1. The number of carboxylic acid groups (broad SMARTS) is 1. The maximum atomic E-state index is 12.6. The monoisotopic (exact) mass is 366 g/mol. The minimum absolute atomic E-state index is 0.182. The smallest absolute Gasteiger partial charge is 0.332 e. The van der Waals surface area contributed by atoms with Crippen LogP contribution in [0.15, 0.2) is 14.6 Å². The van der Waals surface area contributed by atoms with Gasteiger partial charge in [0.25, 0.3) is 5.56 Å². The van der Waals surface area contributed by atoms with Crippen molar-refractivity contribution in [3.63, 3.8) is 0 Å².